The van der Waals surface area contributed by atoms with Gasteiger partial charge in [0.05, 0.1) is 10.6 Å². The molecule has 0 amide bonds. The Bertz CT molecular complexity index is 488. The molecule has 0 saturated carbocycles. The van der Waals surface area contributed by atoms with E-state index in [0.29, 0.717) is 6.42 Å². The van der Waals surface area contributed by atoms with Crippen LogP contribution in [-0.2, 0) is 4.79 Å². The van der Waals surface area contributed by atoms with Crippen LogP contribution in [0.2, 0.25) is 5.02 Å². The molecule has 0 unspecified atom stereocenters. The molecule has 0 heterocycles. The minimum Gasteiger partial charge on any atom is -0.478 e. The van der Waals surface area contributed by atoms with Crippen molar-refractivity contribution in [1.82, 2.24) is 0 Å². The lowest BCUT2D eigenvalue weighted by atomic mass is 10.2. The van der Waals surface area contributed by atoms with Crippen LogP contribution < -0.4 is 0 Å². The van der Waals surface area contributed by atoms with Gasteiger partial charge in [0.25, 0.3) is 0 Å². The summed E-state index contributed by atoms with van der Waals surface area (Å²) in [6, 6.07) is 2.00. The number of carboxylic acid groups (broad SMARTS) is 1. The van der Waals surface area contributed by atoms with Crippen LogP contribution in [0, 0.1) is 11.7 Å². The summed E-state index contributed by atoms with van der Waals surface area (Å²) in [6.07, 6.45) is 0.348. The summed E-state index contributed by atoms with van der Waals surface area (Å²) in [7, 11) is 0. The molecule has 0 bridgehead atoms. The van der Waals surface area contributed by atoms with E-state index in [1.54, 1.807) is 0 Å². The maximum Gasteiger partial charge on any atom is 0.338 e. The molecule has 1 rings (SSSR count). The highest BCUT2D eigenvalue weighted by atomic mass is 35.5. The molecule has 1 N–H and O–H groups in total. The van der Waals surface area contributed by atoms with Crippen LogP contribution in [-0.4, -0.2) is 16.2 Å². The molecule has 3 nitrogen and oxygen atoms in total. The summed E-state index contributed by atoms with van der Waals surface area (Å²) < 4.78 is 13.3. The van der Waals surface area contributed by atoms with Crippen molar-refractivity contribution < 1.29 is 19.1 Å². The van der Waals surface area contributed by atoms with Gasteiger partial charge in [0.15, 0.2) is 5.12 Å². The number of carbonyl (C=O) groups is 2. The van der Waals surface area contributed by atoms with Crippen LogP contribution in [0.15, 0.2) is 17.0 Å². The number of carboxylic acids is 1. The number of hydrogen-bond acceptors (Lipinski definition) is 3. The van der Waals surface area contributed by atoms with Gasteiger partial charge in [0.2, 0.25) is 0 Å². The average molecular weight is 291 g/mol. The van der Waals surface area contributed by atoms with Crippen LogP contribution in [0.4, 0.5) is 4.39 Å². The maximum atomic E-state index is 13.3. The number of carbonyl (C=O) groups excluding carboxylic acids is 1. The van der Waals surface area contributed by atoms with Crippen molar-refractivity contribution >= 4 is 34.4 Å². The van der Waals surface area contributed by atoms with Gasteiger partial charge in [0, 0.05) is 11.3 Å². The monoisotopic (exact) mass is 290 g/mol. The fraction of sp³-hybridized carbons (Fsp3) is 0.333. The fourth-order valence-corrected chi connectivity index (χ4v) is 2.53. The highest BCUT2D eigenvalue weighted by molar-refractivity contribution is 8.13. The van der Waals surface area contributed by atoms with Gasteiger partial charge >= 0.3 is 5.97 Å². The molecular weight excluding hydrogens is 279 g/mol. The van der Waals surface area contributed by atoms with E-state index in [-0.39, 0.29) is 21.0 Å². The Morgan fingerprint density at radius 2 is 2.06 bits per heavy atom. The first-order valence-corrected chi connectivity index (χ1v) is 6.43. The van der Waals surface area contributed by atoms with Gasteiger partial charge in [-0.25, -0.2) is 9.18 Å². The molecule has 0 fully saturated rings. The predicted molar refractivity (Wildman–Crippen MR) is 68.7 cm³/mol. The Morgan fingerprint density at radius 1 is 1.44 bits per heavy atom. The van der Waals surface area contributed by atoms with Gasteiger partial charge in [0.1, 0.15) is 5.82 Å². The summed E-state index contributed by atoms with van der Waals surface area (Å²) >= 11 is 6.62. The predicted octanol–water partition coefficient (Wildman–Crippen LogP) is 3.84. The Labute approximate surface area is 113 Å². The van der Waals surface area contributed by atoms with Crippen molar-refractivity contribution in [3.05, 3.63) is 28.5 Å². The molecule has 1 aromatic carbocycles. The van der Waals surface area contributed by atoms with E-state index in [4.69, 9.17) is 16.7 Å². The first-order valence-electron chi connectivity index (χ1n) is 5.24. The number of aromatic carboxylic acids is 1. The Hall–Kier alpha value is -1.07. The lowest BCUT2D eigenvalue weighted by Gasteiger charge is -2.07. The summed E-state index contributed by atoms with van der Waals surface area (Å²) in [6.45, 7) is 3.79. The van der Waals surface area contributed by atoms with Crippen LogP contribution in [0.5, 0.6) is 0 Å². The molecular formula is C12H12ClFO3S. The van der Waals surface area contributed by atoms with E-state index in [1.807, 2.05) is 13.8 Å². The van der Waals surface area contributed by atoms with Gasteiger partial charge < -0.3 is 5.11 Å². The third-order valence-electron chi connectivity index (χ3n) is 2.05. The van der Waals surface area contributed by atoms with E-state index in [0.717, 1.165) is 23.9 Å². The van der Waals surface area contributed by atoms with Crippen LogP contribution >= 0.6 is 23.4 Å². The number of benzene rings is 1. The summed E-state index contributed by atoms with van der Waals surface area (Å²) in [4.78, 5) is 22.6. The zero-order chi connectivity index (χ0) is 13.9. The maximum absolute atomic E-state index is 13.3. The molecule has 0 aliphatic heterocycles. The van der Waals surface area contributed by atoms with Gasteiger partial charge in [-0.3, -0.25) is 4.79 Å². The SMILES string of the molecule is CC(C)CC(=O)Sc1cc(C(=O)O)c(F)cc1Cl. The first-order chi connectivity index (χ1) is 8.31. The lowest BCUT2D eigenvalue weighted by Crippen LogP contribution is -2.02. The van der Waals surface area contributed by atoms with Gasteiger partial charge in [-0.2, -0.15) is 0 Å². The Balaban J connectivity index is 2.99. The molecule has 0 atom stereocenters. The molecule has 0 aromatic heterocycles. The van der Waals surface area contributed by atoms with Gasteiger partial charge in [-0.05, 0) is 18.1 Å². The van der Waals surface area contributed by atoms with Crippen molar-refractivity contribution in [3.8, 4) is 0 Å². The average Bonchev–Trinajstić information content (AvgIpc) is 2.20. The van der Waals surface area contributed by atoms with E-state index in [1.165, 1.54) is 0 Å². The van der Waals surface area contributed by atoms with Gasteiger partial charge in [-0.15, -0.1) is 0 Å². The molecule has 0 aliphatic rings. The number of halogens is 2. The van der Waals surface area contributed by atoms with Crippen molar-refractivity contribution in [2.75, 3.05) is 0 Å². The lowest BCUT2D eigenvalue weighted by molar-refractivity contribution is -0.111. The quantitative estimate of drug-likeness (QED) is 0.856. The molecule has 6 heteroatoms. The van der Waals surface area contributed by atoms with E-state index in [2.05, 4.69) is 0 Å². The Morgan fingerprint density at radius 3 is 2.56 bits per heavy atom. The van der Waals surface area contributed by atoms with Crippen LogP contribution in [0.3, 0.4) is 0 Å². The topological polar surface area (TPSA) is 54.4 Å². The highest BCUT2D eigenvalue weighted by Crippen LogP contribution is 2.31. The number of thioether (sulfide) groups is 1. The second kappa shape index (κ2) is 6.20. The van der Waals surface area contributed by atoms with Crippen LogP contribution in [0.1, 0.15) is 30.6 Å². The highest BCUT2D eigenvalue weighted by Gasteiger charge is 2.17. The van der Waals surface area contributed by atoms with Crippen molar-refractivity contribution in [1.29, 1.82) is 0 Å². The zero-order valence-corrected chi connectivity index (χ0v) is 11.4. The molecule has 0 radical (unpaired) electrons. The van der Waals surface area contributed by atoms with E-state index >= 15 is 0 Å². The smallest absolute Gasteiger partial charge is 0.338 e. The fourth-order valence-electron chi connectivity index (χ4n) is 1.27. The second-order valence-electron chi connectivity index (χ2n) is 4.14. The largest absolute Gasteiger partial charge is 0.478 e. The molecule has 0 saturated heterocycles. The van der Waals surface area contributed by atoms with Crippen molar-refractivity contribution in [2.24, 2.45) is 5.92 Å². The first kappa shape index (κ1) is 15.0. The third kappa shape index (κ3) is 3.99. The number of hydrogen-bond donors (Lipinski definition) is 1. The van der Waals surface area contributed by atoms with Crippen molar-refractivity contribution in [2.45, 2.75) is 25.2 Å². The minimum atomic E-state index is -1.39. The molecule has 0 aliphatic carbocycles. The Kier molecular flexibility index (Phi) is 5.16. The number of rotatable bonds is 4. The van der Waals surface area contributed by atoms with E-state index in [9.17, 15) is 14.0 Å². The van der Waals surface area contributed by atoms with Crippen LogP contribution in [0.25, 0.3) is 0 Å². The normalized spacial score (nSPS) is 10.7. The second-order valence-corrected chi connectivity index (χ2v) is 5.65. The summed E-state index contributed by atoms with van der Waals surface area (Å²) in [5, 5.41) is 8.69. The van der Waals surface area contributed by atoms with E-state index < -0.39 is 17.3 Å². The minimum absolute atomic E-state index is 0.0413. The molecule has 0 spiro atoms. The van der Waals surface area contributed by atoms with Crippen molar-refractivity contribution in [3.63, 3.8) is 0 Å². The standard InChI is InChI=1S/C12H12ClFO3S/c1-6(2)3-11(15)18-10-4-7(12(16)17)9(14)5-8(10)13/h4-6H,3H2,1-2H3,(H,16,17). The zero-order valence-electron chi connectivity index (χ0n) is 9.87. The third-order valence-corrected chi connectivity index (χ3v) is 3.43. The summed E-state index contributed by atoms with van der Waals surface area (Å²) in [5.41, 5.74) is -0.487. The molecule has 1 aromatic rings. The van der Waals surface area contributed by atoms with Gasteiger partial charge in [-0.1, -0.05) is 37.2 Å². The molecule has 98 valence electrons. The molecule has 18 heavy (non-hydrogen) atoms. The summed E-state index contributed by atoms with van der Waals surface area (Å²) in [5.74, 6) is -2.10.